The Kier molecular flexibility index (Phi) is 20.0. The van der Waals surface area contributed by atoms with E-state index in [0.29, 0.717) is 6.42 Å². The van der Waals surface area contributed by atoms with Crippen molar-refractivity contribution >= 4 is 23.7 Å². The van der Waals surface area contributed by atoms with Gasteiger partial charge in [0.25, 0.3) is 0 Å². The summed E-state index contributed by atoms with van der Waals surface area (Å²) < 4.78 is 30.9. The Morgan fingerprint density at radius 3 is 2.05 bits per heavy atom. The van der Waals surface area contributed by atoms with Gasteiger partial charge in [-0.15, -0.1) is 0 Å². The maximum Gasteiger partial charge on any atom is 0.332 e. The van der Waals surface area contributed by atoms with Crippen LogP contribution in [0.15, 0.2) is 0 Å². The molecule has 2 aliphatic heterocycles. The molecule has 2 saturated heterocycles. The quantitative estimate of drug-likeness (QED) is 0.0511. The van der Waals surface area contributed by atoms with Gasteiger partial charge in [0.2, 0.25) is 17.7 Å². The highest BCUT2D eigenvalue weighted by Crippen LogP contribution is 2.40. The minimum atomic E-state index is -1.69. The standard InChI is InChI=1S/C40H69N3O18/c1-4-23-13-24(36(54)42-11-10-41-28(49)15-40(17-45,18-46)19-47)14-25(34(23)61-39-33(53)32(52)30(50)20(2)57-39)59-38-29(43-21(3)48)35(31(51)27(16-44)60-38)58-26(37(55)56)12-22-8-6-5-7-9-22/h20,22-27,29-35,38-39,44-47,50-53H,4-19H2,1-3H3,(H,41,49)(H,42,54)(H,43,48)(H,55,56)/t20?,23?,24?,25-,26+,27?,29?,30-,31+,32?,33?,34?,35?,38-,39+/m1/s1. The van der Waals surface area contributed by atoms with Crippen LogP contribution in [0.25, 0.3) is 0 Å². The number of aliphatic hydroxyl groups is 8. The number of aliphatic hydroxyl groups excluding tert-OH is 8. The first-order valence-corrected chi connectivity index (χ1v) is 21.5. The molecule has 9 unspecified atom stereocenters. The van der Waals surface area contributed by atoms with Crippen molar-refractivity contribution in [1.82, 2.24) is 16.0 Å². The molecule has 4 rings (SSSR count). The molecule has 2 saturated carbocycles. The Hall–Kier alpha value is -2.64. The summed E-state index contributed by atoms with van der Waals surface area (Å²) >= 11 is 0. The van der Waals surface area contributed by atoms with Crippen molar-refractivity contribution in [1.29, 1.82) is 0 Å². The Bertz CT molecular complexity index is 1390. The molecule has 0 radical (unpaired) electrons. The van der Waals surface area contributed by atoms with E-state index in [1.54, 1.807) is 0 Å². The molecule has 21 nitrogen and oxygen atoms in total. The molecule has 21 heteroatoms. The van der Waals surface area contributed by atoms with Gasteiger partial charge < -0.3 is 85.6 Å². The second kappa shape index (κ2) is 23.9. The summed E-state index contributed by atoms with van der Waals surface area (Å²) in [6.07, 6.45) is -11.8. The molecule has 15 atom stereocenters. The zero-order valence-corrected chi connectivity index (χ0v) is 35.3. The van der Waals surface area contributed by atoms with Crippen LogP contribution in [0.4, 0.5) is 0 Å². The zero-order chi connectivity index (χ0) is 45.0. The van der Waals surface area contributed by atoms with Crippen LogP contribution >= 0.6 is 0 Å². The summed E-state index contributed by atoms with van der Waals surface area (Å²) in [5, 5.41) is 101. The summed E-state index contributed by atoms with van der Waals surface area (Å²) in [5.41, 5.74) is -1.41. The highest BCUT2D eigenvalue weighted by Gasteiger charge is 2.53. The van der Waals surface area contributed by atoms with Crippen LogP contribution < -0.4 is 16.0 Å². The number of aliphatic carboxylic acids is 1. The maximum absolute atomic E-state index is 13.8. The second-order valence-electron chi connectivity index (χ2n) is 17.2. The predicted octanol–water partition coefficient (Wildman–Crippen LogP) is -3.00. The number of carboxylic acid groups (broad SMARTS) is 1. The van der Waals surface area contributed by atoms with E-state index in [0.717, 1.165) is 32.1 Å². The number of carbonyl (C=O) groups is 4. The number of rotatable bonds is 21. The molecule has 2 aliphatic carbocycles. The number of hydrogen-bond donors (Lipinski definition) is 12. The van der Waals surface area contributed by atoms with Crippen molar-refractivity contribution in [3.05, 3.63) is 0 Å². The fourth-order valence-electron chi connectivity index (χ4n) is 8.83. The van der Waals surface area contributed by atoms with Crippen LogP contribution in [-0.2, 0) is 42.9 Å². The molecule has 352 valence electrons. The minimum absolute atomic E-state index is 0.0229. The summed E-state index contributed by atoms with van der Waals surface area (Å²) in [7, 11) is 0. The smallest absolute Gasteiger partial charge is 0.332 e. The van der Waals surface area contributed by atoms with Crippen molar-refractivity contribution < 1.29 is 88.8 Å². The van der Waals surface area contributed by atoms with E-state index in [1.165, 1.54) is 13.8 Å². The first-order chi connectivity index (χ1) is 29.0. The van der Waals surface area contributed by atoms with Crippen LogP contribution in [0, 0.1) is 23.2 Å². The molecule has 0 bridgehead atoms. The third-order valence-corrected chi connectivity index (χ3v) is 12.6. The molecule has 61 heavy (non-hydrogen) atoms. The molecule has 0 aromatic carbocycles. The van der Waals surface area contributed by atoms with E-state index in [4.69, 9.17) is 23.7 Å². The van der Waals surface area contributed by atoms with Crippen LogP contribution in [0.2, 0.25) is 0 Å². The van der Waals surface area contributed by atoms with Crippen molar-refractivity contribution in [2.75, 3.05) is 39.5 Å². The van der Waals surface area contributed by atoms with Gasteiger partial charge in [0, 0.05) is 37.8 Å². The van der Waals surface area contributed by atoms with Gasteiger partial charge in [0.15, 0.2) is 18.7 Å². The molecule has 2 heterocycles. The summed E-state index contributed by atoms with van der Waals surface area (Å²) in [5.74, 6) is -4.08. The lowest BCUT2D eigenvalue weighted by atomic mass is 9.75. The fourth-order valence-corrected chi connectivity index (χ4v) is 8.83. The van der Waals surface area contributed by atoms with Gasteiger partial charge in [-0.1, -0.05) is 45.4 Å². The van der Waals surface area contributed by atoms with Gasteiger partial charge in [-0.2, -0.15) is 0 Å². The van der Waals surface area contributed by atoms with E-state index in [9.17, 15) is 65.1 Å². The zero-order valence-electron chi connectivity index (χ0n) is 35.3. The van der Waals surface area contributed by atoms with Crippen molar-refractivity contribution in [3.63, 3.8) is 0 Å². The van der Waals surface area contributed by atoms with Crippen LogP contribution in [0.3, 0.4) is 0 Å². The van der Waals surface area contributed by atoms with Gasteiger partial charge in [-0.25, -0.2) is 4.79 Å². The monoisotopic (exact) mass is 879 g/mol. The lowest BCUT2D eigenvalue weighted by molar-refractivity contribution is -0.338. The molecule has 12 N–H and O–H groups in total. The second-order valence-corrected chi connectivity index (χ2v) is 17.2. The number of ether oxygens (including phenoxy) is 5. The van der Waals surface area contributed by atoms with E-state index in [-0.39, 0.29) is 44.7 Å². The van der Waals surface area contributed by atoms with Gasteiger partial charge in [-0.05, 0) is 38.0 Å². The molecule has 4 aliphatic rings. The van der Waals surface area contributed by atoms with E-state index >= 15 is 0 Å². The maximum atomic E-state index is 13.8. The van der Waals surface area contributed by atoms with Crippen LogP contribution in [0.5, 0.6) is 0 Å². The molecular formula is C40H69N3O18. The van der Waals surface area contributed by atoms with Crippen molar-refractivity contribution in [2.45, 2.75) is 165 Å². The van der Waals surface area contributed by atoms with Crippen LogP contribution in [-0.4, -0.2) is 189 Å². The fraction of sp³-hybridized carbons (Fsp3) is 0.900. The normalized spacial score (nSPS) is 35.5. The van der Waals surface area contributed by atoms with Gasteiger partial charge >= 0.3 is 5.97 Å². The predicted molar refractivity (Wildman–Crippen MR) is 210 cm³/mol. The SMILES string of the molecule is CCC1CC(C(=O)NCCNC(=O)CC(CO)(CO)CO)C[C@@H](O[C@@H]2OC(CO)[C@H](O)C(O[C@@H](CC3CCCCC3)C(=O)O)C2NC(C)=O)C1O[C@@H]1OC(C)[C@@H](O)C(O)C1O. The van der Waals surface area contributed by atoms with Crippen molar-refractivity contribution in [3.8, 4) is 0 Å². The number of carbonyl (C=O) groups excluding carboxylic acids is 3. The number of carboxylic acids is 1. The Morgan fingerprint density at radius 1 is 0.803 bits per heavy atom. The Labute approximate surface area is 355 Å². The van der Waals surface area contributed by atoms with Crippen LogP contribution in [0.1, 0.15) is 85.0 Å². The van der Waals surface area contributed by atoms with E-state index < -0.39 is 147 Å². The largest absolute Gasteiger partial charge is 0.479 e. The van der Waals surface area contributed by atoms with E-state index in [1.807, 2.05) is 6.92 Å². The average molecular weight is 880 g/mol. The highest BCUT2D eigenvalue weighted by molar-refractivity contribution is 5.79. The summed E-state index contributed by atoms with van der Waals surface area (Å²) in [4.78, 5) is 51.5. The number of nitrogens with one attached hydrogen (secondary N) is 3. The lowest BCUT2D eigenvalue weighted by Crippen LogP contribution is -2.67. The Morgan fingerprint density at radius 2 is 1.46 bits per heavy atom. The molecule has 3 amide bonds. The first-order valence-electron chi connectivity index (χ1n) is 21.5. The van der Waals surface area contributed by atoms with Crippen molar-refractivity contribution in [2.24, 2.45) is 23.2 Å². The molecule has 0 spiro atoms. The van der Waals surface area contributed by atoms with Gasteiger partial charge in [0.1, 0.15) is 42.7 Å². The molecular weight excluding hydrogens is 810 g/mol. The van der Waals surface area contributed by atoms with E-state index in [2.05, 4.69) is 16.0 Å². The van der Waals surface area contributed by atoms with Gasteiger partial charge in [-0.3, -0.25) is 14.4 Å². The summed E-state index contributed by atoms with van der Waals surface area (Å²) in [6.45, 7) is 1.84. The third-order valence-electron chi connectivity index (χ3n) is 12.6. The summed E-state index contributed by atoms with van der Waals surface area (Å²) in [6, 6.07) is -1.35. The Balaban J connectivity index is 1.60. The van der Waals surface area contributed by atoms with Gasteiger partial charge in [0.05, 0.1) is 44.7 Å². The molecule has 0 aromatic rings. The minimum Gasteiger partial charge on any atom is -0.479 e. The lowest BCUT2D eigenvalue weighted by Gasteiger charge is -2.49. The third kappa shape index (κ3) is 13.4. The number of amides is 3. The number of hydrogen-bond acceptors (Lipinski definition) is 17. The first kappa shape index (κ1) is 51.0. The molecule has 0 aromatic heterocycles. The highest BCUT2D eigenvalue weighted by atomic mass is 16.7. The molecule has 4 fully saturated rings. The average Bonchev–Trinajstić information content (AvgIpc) is 3.24. The topological polar surface area (TPSA) is 333 Å².